The highest BCUT2D eigenvalue weighted by Crippen LogP contribution is 2.08. The summed E-state index contributed by atoms with van der Waals surface area (Å²) in [6.45, 7) is 2.27. The Labute approximate surface area is 110 Å². The molecule has 2 nitrogen and oxygen atoms in total. The number of imidazole rings is 1. The molecule has 1 N–H and O–H groups in total. The van der Waals surface area contributed by atoms with Gasteiger partial charge in [0.15, 0.2) is 0 Å². The number of aromatic amines is 1. The third kappa shape index (κ3) is 6.31. The van der Waals surface area contributed by atoms with Gasteiger partial charge in [0.2, 0.25) is 0 Å². The first-order valence-electron chi connectivity index (χ1n) is 6.36. The molecule has 3 heteroatoms. The Morgan fingerprint density at radius 2 is 1.69 bits per heavy atom. The van der Waals surface area contributed by atoms with Crippen molar-refractivity contribution in [2.75, 3.05) is 0 Å². The predicted octanol–water partition coefficient (Wildman–Crippen LogP) is 0.136. The first-order chi connectivity index (χ1) is 7.34. The second-order valence-corrected chi connectivity index (χ2v) is 4.39. The van der Waals surface area contributed by atoms with Crippen LogP contribution in [0.1, 0.15) is 57.7 Å². The molecule has 0 amide bonds. The van der Waals surface area contributed by atoms with E-state index in [9.17, 15) is 0 Å². The Kier molecular flexibility index (Phi) is 9.69. The number of unbranched alkanes of at least 4 members (excludes halogenated alkanes) is 6. The van der Waals surface area contributed by atoms with Gasteiger partial charge in [-0.25, -0.2) is 9.55 Å². The maximum absolute atomic E-state index is 3.28. The predicted molar refractivity (Wildman–Crippen MR) is 63.7 cm³/mol. The molecule has 0 unspecified atom stereocenters. The van der Waals surface area contributed by atoms with Crippen LogP contribution in [0.3, 0.4) is 0 Å². The number of hydrogen-bond donors (Lipinski definition) is 1. The van der Waals surface area contributed by atoms with Gasteiger partial charge in [-0.3, -0.25) is 0 Å². The molecule has 0 bridgehead atoms. The van der Waals surface area contributed by atoms with Gasteiger partial charge in [0, 0.05) is 6.42 Å². The first kappa shape index (κ1) is 15.7. The van der Waals surface area contributed by atoms with Gasteiger partial charge in [0.05, 0.1) is 7.05 Å². The summed E-state index contributed by atoms with van der Waals surface area (Å²) in [7, 11) is 2.10. The van der Waals surface area contributed by atoms with Gasteiger partial charge in [-0.05, 0) is 6.42 Å². The minimum Gasteiger partial charge on any atom is -1.00 e. The van der Waals surface area contributed by atoms with Gasteiger partial charge in [0.1, 0.15) is 12.4 Å². The summed E-state index contributed by atoms with van der Waals surface area (Å²) in [5.74, 6) is 1.35. The number of aryl methyl sites for hydroxylation is 2. The molecule has 16 heavy (non-hydrogen) atoms. The quantitative estimate of drug-likeness (QED) is 0.519. The SMILES string of the molecule is CCCCCCCCCc1[nH]cc[n+]1C.[Br-]. The zero-order valence-corrected chi connectivity index (χ0v) is 12.2. The molecule has 0 saturated carbocycles. The molecule has 0 aliphatic carbocycles. The van der Waals surface area contributed by atoms with E-state index >= 15 is 0 Å². The molecule has 0 aliphatic rings. The normalized spacial score (nSPS) is 10.1. The Bertz CT molecular complexity index is 258. The van der Waals surface area contributed by atoms with Crippen LogP contribution in [0.2, 0.25) is 0 Å². The van der Waals surface area contributed by atoms with Crippen LogP contribution < -0.4 is 21.5 Å². The lowest BCUT2D eigenvalue weighted by molar-refractivity contribution is -0.677. The average Bonchev–Trinajstić information content (AvgIpc) is 2.63. The van der Waals surface area contributed by atoms with Crippen molar-refractivity contribution in [1.82, 2.24) is 4.98 Å². The van der Waals surface area contributed by atoms with Crippen LogP contribution >= 0.6 is 0 Å². The number of rotatable bonds is 8. The highest BCUT2D eigenvalue weighted by atomic mass is 79.9. The largest absolute Gasteiger partial charge is 1.00 e. The van der Waals surface area contributed by atoms with Crippen LogP contribution in [0, 0.1) is 0 Å². The van der Waals surface area contributed by atoms with Crippen LogP contribution in [0.25, 0.3) is 0 Å². The summed E-state index contributed by atoms with van der Waals surface area (Å²) in [4.78, 5) is 3.28. The smallest absolute Gasteiger partial charge is 0.253 e. The fourth-order valence-electron chi connectivity index (χ4n) is 1.94. The van der Waals surface area contributed by atoms with E-state index in [-0.39, 0.29) is 17.0 Å². The number of hydrogen-bond acceptors (Lipinski definition) is 0. The molecule has 0 aliphatic heterocycles. The number of H-pyrrole nitrogens is 1. The van der Waals surface area contributed by atoms with E-state index < -0.39 is 0 Å². The topological polar surface area (TPSA) is 19.7 Å². The summed E-state index contributed by atoms with van der Waals surface area (Å²) in [6, 6.07) is 0. The third-order valence-corrected chi connectivity index (χ3v) is 2.99. The van der Waals surface area contributed by atoms with Crippen molar-refractivity contribution in [2.24, 2.45) is 7.05 Å². The summed E-state index contributed by atoms with van der Waals surface area (Å²) >= 11 is 0. The number of nitrogens with zero attached hydrogens (tertiary/aromatic N) is 1. The summed E-state index contributed by atoms with van der Waals surface area (Å²) < 4.78 is 2.18. The van der Waals surface area contributed by atoms with Crippen molar-refractivity contribution in [3.8, 4) is 0 Å². The Balaban J connectivity index is 0.00000225. The van der Waals surface area contributed by atoms with E-state index in [0.29, 0.717) is 0 Å². The van der Waals surface area contributed by atoms with E-state index in [0.717, 1.165) is 0 Å². The lowest BCUT2D eigenvalue weighted by atomic mass is 10.1. The van der Waals surface area contributed by atoms with Crippen LogP contribution in [0.15, 0.2) is 12.4 Å². The van der Waals surface area contributed by atoms with Gasteiger partial charge >= 0.3 is 0 Å². The van der Waals surface area contributed by atoms with Crippen molar-refractivity contribution in [2.45, 2.75) is 58.3 Å². The number of nitrogens with one attached hydrogen (secondary N) is 1. The lowest BCUT2D eigenvalue weighted by Gasteiger charge is -1.99. The van der Waals surface area contributed by atoms with Gasteiger partial charge in [-0.15, -0.1) is 0 Å². The fourth-order valence-corrected chi connectivity index (χ4v) is 1.94. The molecule has 0 fully saturated rings. The molecule has 1 aromatic rings. The maximum Gasteiger partial charge on any atom is 0.253 e. The first-order valence-corrected chi connectivity index (χ1v) is 6.36. The lowest BCUT2D eigenvalue weighted by Crippen LogP contribution is -3.00. The summed E-state index contributed by atoms with van der Waals surface area (Å²) in [6.07, 6.45) is 15.0. The van der Waals surface area contributed by atoms with E-state index in [1.54, 1.807) is 0 Å². The summed E-state index contributed by atoms with van der Waals surface area (Å²) in [5, 5.41) is 0. The Hall–Kier alpha value is -0.310. The van der Waals surface area contributed by atoms with Crippen LogP contribution in [-0.2, 0) is 13.5 Å². The number of aromatic nitrogens is 2. The van der Waals surface area contributed by atoms with Crippen LogP contribution in [0.4, 0.5) is 0 Å². The molecule has 1 rings (SSSR count). The molecule has 94 valence electrons. The zero-order chi connectivity index (χ0) is 10.9. The van der Waals surface area contributed by atoms with Gasteiger partial charge in [0.25, 0.3) is 5.82 Å². The van der Waals surface area contributed by atoms with E-state index in [2.05, 4.69) is 29.7 Å². The molecule has 0 radical (unpaired) electrons. The molecule has 0 saturated heterocycles. The van der Waals surface area contributed by atoms with Gasteiger partial charge in [-0.2, -0.15) is 0 Å². The van der Waals surface area contributed by atoms with Gasteiger partial charge < -0.3 is 17.0 Å². The monoisotopic (exact) mass is 288 g/mol. The third-order valence-electron chi connectivity index (χ3n) is 2.99. The molecule has 1 heterocycles. The summed E-state index contributed by atoms with van der Waals surface area (Å²) in [5.41, 5.74) is 0. The van der Waals surface area contributed by atoms with E-state index in [1.807, 2.05) is 6.20 Å². The maximum atomic E-state index is 3.28. The molecule has 0 atom stereocenters. The highest BCUT2D eigenvalue weighted by molar-refractivity contribution is 4.76. The Morgan fingerprint density at radius 3 is 2.25 bits per heavy atom. The van der Waals surface area contributed by atoms with Crippen LogP contribution in [0.5, 0.6) is 0 Å². The number of halogens is 1. The van der Waals surface area contributed by atoms with Crippen LogP contribution in [-0.4, -0.2) is 4.98 Å². The minimum atomic E-state index is 0. The molecule has 0 aromatic carbocycles. The van der Waals surface area contributed by atoms with Gasteiger partial charge in [-0.1, -0.05) is 45.4 Å². The second kappa shape index (κ2) is 9.88. The zero-order valence-electron chi connectivity index (χ0n) is 10.6. The Morgan fingerprint density at radius 1 is 1.06 bits per heavy atom. The molecular weight excluding hydrogens is 264 g/mol. The van der Waals surface area contributed by atoms with E-state index in [4.69, 9.17) is 0 Å². The van der Waals surface area contributed by atoms with Crippen molar-refractivity contribution < 1.29 is 21.5 Å². The molecule has 1 aromatic heterocycles. The molecular formula is C13H25BrN2. The van der Waals surface area contributed by atoms with Crippen molar-refractivity contribution in [3.05, 3.63) is 18.2 Å². The minimum absolute atomic E-state index is 0. The molecule has 0 spiro atoms. The van der Waals surface area contributed by atoms with Crippen molar-refractivity contribution in [3.63, 3.8) is 0 Å². The average molecular weight is 289 g/mol. The van der Waals surface area contributed by atoms with Crippen molar-refractivity contribution >= 4 is 0 Å². The second-order valence-electron chi connectivity index (χ2n) is 4.39. The fraction of sp³-hybridized carbons (Fsp3) is 0.769. The standard InChI is InChI=1S/C13H24N2.BrH/c1-3-4-5-6-7-8-9-10-13-14-11-12-15(13)2;/h11-12H,3-10H2,1-2H3;1H. The van der Waals surface area contributed by atoms with Crippen molar-refractivity contribution in [1.29, 1.82) is 0 Å². The van der Waals surface area contributed by atoms with E-state index in [1.165, 1.54) is 57.2 Å². The highest BCUT2D eigenvalue weighted by Gasteiger charge is 2.04.